The summed E-state index contributed by atoms with van der Waals surface area (Å²) in [5.74, 6) is -0.976. The van der Waals surface area contributed by atoms with Crippen LogP contribution in [0.15, 0.2) is 18.2 Å². The van der Waals surface area contributed by atoms with Crippen molar-refractivity contribution in [1.82, 2.24) is 10.6 Å². The molecule has 0 heterocycles. The minimum Gasteiger partial charge on any atom is -0.453 e. The van der Waals surface area contributed by atoms with Gasteiger partial charge in [0.05, 0.1) is 12.1 Å². The minimum atomic E-state index is -0.714. The van der Waals surface area contributed by atoms with Crippen molar-refractivity contribution in [3.8, 4) is 0 Å². The molecule has 0 radical (unpaired) electrons. The second-order valence-electron chi connectivity index (χ2n) is 4.82. The number of hydrogen-bond donors (Lipinski definition) is 2. The van der Waals surface area contributed by atoms with E-state index in [1.165, 1.54) is 25.3 Å². The lowest BCUT2D eigenvalue weighted by Gasteiger charge is -2.21. The summed E-state index contributed by atoms with van der Waals surface area (Å²) in [5, 5.41) is 5.12. The Morgan fingerprint density at radius 2 is 2.05 bits per heavy atom. The molecule has 0 aliphatic carbocycles. The van der Waals surface area contributed by atoms with Crippen LogP contribution in [-0.2, 0) is 16.1 Å². The highest BCUT2D eigenvalue weighted by atomic mass is 35.5. The molecule has 116 valence electrons. The van der Waals surface area contributed by atoms with Crippen molar-refractivity contribution in [2.75, 3.05) is 7.11 Å². The number of halogens is 2. The number of alkyl carbamates (subject to hydrolysis) is 1. The fourth-order valence-corrected chi connectivity index (χ4v) is 1.87. The minimum absolute atomic E-state index is 0.00477. The smallest absolute Gasteiger partial charge is 0.407 e. The Morgan fingerprint density at radius 3 is 2.57 bits per heavy atom. The zero-order valence-electron chi connectivity index (χ0n) is 12.1. The molecule has 0 aromatic heterocycles. The molecule has 0 spiro atoms. The Kier molecular flexibility index (Phi) is 6.42. The first-order valence-corrected chi connectivity index (χ1v) is 6.79. The zero-order valence-corrected chi connectivity index (χ0v) is 12.8. The molecular weight excluding hydrogens is 299 g/mol. The van der Waals surface area contributed by atoms with E-state index in [1.807, 2.05) is 0 Å². The third-order valence-corrected chi connectivity index (χ3v) is 3.15. The van der Waals surface area contributed by atoms with Gasteiger partial charge in [0.2, 0.25) is 5.91 Å². The van der Waals surface area contributed by atoms with Crippen LogP contribution in [0.2, 0.25) is 5.02 Å². The molecule has 7 heteroatoms. The number of carbonyl (C=O) groups excluding carboxylic acids is 2. The van der Waals surface area contributed by atoms with Crippen molar-refractivity contribution in [1.29, 1.82) is 0 Å². The van der Waals surface area contributed by atoms with Crippen molar-refractivity contribution in [3.63, 3.8) is 0 Å². The number of hydrogen-bond acceptors (Lipinski definition) is 3. The Hall–Kier alpha value is -1.82. The molecule has 2 N–H and O–H groups in total. The van der Waals surface area contributed by atoms with E-state index in [0.717, 1.165) is 0 Å². The maximum Gasteiger partial charge on any atom is 0.407 e. The van der Waals surface area contributed by atoms with E-state index < -0.39 is 18.0 Å². The summed E-state index contributed by atoms with van der Waals surface area (Å²) in [7, 11) is 1.23. The van der Waals surface area contributed by atoms with E-state index in [0.29, 0.717) is 5.56 Å². The van der Waals surface area contributed by atoms with Crippen molar-refractivity contribution < 1.29 is 18.7 Å². The van der Waals surface area contributed by atoms with Gasteiger partial charge >= 0.3 is 6.09 Å². The third kappa shape index (κ3) is 5.23. The number of nitrogens with one attached hydrogen (secondary N) is 2. The first-order chi connectivity index (χ1) is 9.85. The predicted molar refractivity (Wildman–Crippen MR) is 77.4 cm³/mol. The van der Waals surface area contributed by atoms with Gasteiger partial charge in [-0.05, 0) is 23.6 Å². The predicted octanol–water partition coefficient (Wildman–Crippen LogP) is 2.48. The molecule has 21 heavy (non-hydrogen) atoms. The second-order valence-corrected chi connectivity index (χ2v) is 5.23. The van der Waals surface area contributed by atoms with Gasteiger partial charge in [-0.15, -0.1) is 0 Å². The quantitative estimate of drug-likeness (QED) is 0.877. The Balaban J connectivity index is 2.64. The summed E-state index contributed by atoms with van der Waals surface area (Å²) >= 11 is 5.67. The van der Waals surface area contributed by atoms with Gasteiger partial charge < -0.3 is 15.4 Å². The van der Waals surface area contributed by atoms with Crippen LogP contribution in [0, 0.1) is 11.7 Å². The van der Waals surface area contributed by atoms with E-state index in [9.17, 15) is 14.0 Å². The molecule has 1 unspecified atom stereocenters. The van der Waals surface area contributed by atoms with E-state index >= 15 is 0 Å². The highest BCUT2D eigenvalue weighted by molar-refractivity contribution is 6.30. The van der Waals surface area contributed by atoms with Gasteiger partial charge in [0, 0.05) is 6.54 Å². The number of ether oxygens (including phenoxy) is 1. The maximum atomic E-state index is 13.0. The lowest BCUT2D eigenvalue weighted by molar-refractivity contribution is -0.124. The number of rotatable bonds is 5. The van der Waals surface area contributed by atoms with Crippen molar-refractivity contribution >= 4 is 23.6 Å². The van der Waals surface area contributed by atoms with Crippen LogP contribution < -0.4 is 10.6 Å². The summed E-state index contributed by atoms with van der Waals surface area (Å²) in [6.07, 6.45) is -0.673. The van der Waals surface area contributed by atoms with Crippen LogP contribution in [0.1, 0.15) is 19.4 Å². The van der Waals surface area contributed by atoms with Crippen LogP contribution in [0.4, 0.5) is 9.18 Å². The third-order valence-electron chi connectivity index (χ3n) is 2.86. The van der Waals surface area contributed by atoms with Gasteiger partial charge in [-0.25, -0.2) is 9.18 Å². The summed E-state index contributed by atoms with van der Waals surface area (Å²) in [6, 6.07) is 3.49. The van der Waals surface area contributed by atoms with Gasteiger partial charge in [0.15, 0.2) is 0 Å². The van der Waals surface area contributed by atoms with Crippen molar-refractivity contribution in [2.45, 2.75) is 26.4 Å². The van der Waals surface area contributed by atoms with E-state index in [2.05, 4.69) is 15.4 Å². The number of carbonyl (C=O) groups is 2. The Labute approximate surface area is 127 Å². The van der Waals surface area contributed by atoms with Gasteiger partial charge in [0.1, 0.15) is 11.9 Å². The van der Waals surface area contributed by atoms with E-state index in [-0.39, 0.29) is 23.4 Å². The van der Waals surface area contributed by atoms with Crippen LogP contribution >= 0.6 is 11.6 Å². The Morgan fingerprint density at radius 1 is 1.38 bits per heavy atom. The van der Waals surface area contributed by atoms with Crippen LogP contribution in [0.25, 0.3) is 0 Å². The van der Waals surface area contributed by atoms with Crippen molar-refractivity contribution in [3.05, 3.63) is 34.6 Å². The Bertz CT molecular complexity index is 523. The molecule has 1 aromatic rings. The second kappa shape index (κ2) is 7.83. The van der Waals surface area contributed by atoms with Gasteiger partial charge in [0.25, 0.3) is 0 Å². The van der Waals surface area contributed by atoms with Crippen LogP contribution in [-0.4, -0.2) is 25.2 Å². The molecule has 0 bridgehead atoms. The number of amides is 2. The average molecular weight is 317 g/mol. The molecule has 0 saturated heterocycles. The molecule has 1 rings (SSSR count). The van der Waals surface area contributed by atoms with Crippen LogP contribution in [0.3, 0.4) is 0 Å². The largest absolute Gasteiger partial charge is 0.453 e. The van der Waals surface area contributed by atoms with Gasteiger partial charge in [-0.2, -0.15) is 0 Å². The molecule has 1 atom stereocenters. The zero-order chi connectivity index (χ0) is 16.0. The average Bonchev–Trinajstić information content (AvgIpc) is 2.45. The highest BCUT2D eigenvalue weighted by Gasteiger charge is 2.24. The maximum absolute atomic E-state index is 13.0. The first-order valence-electron chi connectivity index (χ1n) is 6.41. The fraction of sp³-hybridized carbons (Fsp3) is 0.429. The molecule has 0 saturated carbocycles. The molecular formula is C14H18ClFN2O3. The SMILES string of the molecule is COC(=O)NC(C(=O)NCc1ccc(F)c(Cl)c1)C(C)C. The van der Waals surface area contributed by atoms with Gasteiger partial charge in [-0.3, -0.25) is 4.79 Å². The fourth-order valence-electron chi connectivity index (χ4n) is 1.67. The number of benzene rings is 1. The lowest BCUT2D eigenvalue weighted by Crippen LogP contribution is -2.49. The van der Waals surface area contributed by atoms with Gasteiger partial charge in [-0.1, -0.05) is 31.5 Å². The standard InChI is InChI=1S/C14H18ClFN2O3/c1-8(2)12(18-14(20)21-3)13(19)17-7-9-4-5-11(16)10(15)6-9/h4-6,8,12H,7H2,1-3H3,(H,17,19)(H,18,20). The van der Waals surface area contributed by atoms with Crippen molar-refractivity contribution in [2.24, 2.45) is 5.92 Å². The lowest BCUT2D eigenvalue weighted by atomic mass is 10.0. The molecule has 1 aromatic carbocycles. The monoisotopic (exact) mass is 316 g/mol. The first kappa shape index (κ1) is 17.2. The molecule has 5 nitrogen and oxygen atoms in total. The summed E-state index contributed by atoms with van der Waals surface area (Å²) < 4.78 is 17.5. The van der Waals surface area contributed by atoms with E-state index in [4.69, 9.17) is 11.6 Å². The normalized spacial score (nSPS) is 11.9. The molecule has 0 aliphatic rings. The van der Waals surface area contributed by atoms with Crippen LogP contribution in [0.5, 0.6) is 0 Å². The molecule has 2 amide bonds. The summed E-state index contributed by atoms with van der Waals surface area (Å²) in [6.45, 7) is 3.79. The summed E-state index contributed by atoms with van der Waals surface area (Å²) in [5.41, 5.74) is 0.662. The molecule has 0 fully saturated rings. The topological polar surface area (TPSA) is 67.4 Å². The molecule has 0 aliphatic heterocycles. The van der Waals surface area contributed by atoms with E-state index in [1.54, 1.807) is 13.8 Å². The highest BCUT2D eigenvalue weighted by Crippen LogP contribution is 2.15. The summed E-state index contributed by atoms with van der Waals surface area (Å²) in [4.78, 5) is 23.3. The number of methoxy groups -OCH3 is 1.